The fourth-order valence-electron chi connectivity index (χ4n) is 2.89. The summed E-state index contributed by atoms with van der Waals surface area (Å²) in [5.41, 5.74) is 3.48. The van der Waals surface area contributed by atoms with Gasteiger partial charge in [0, 0.05) is 23.5 Å². The summed E-state index contributed by atoms with van der Waals surface area (Å²) in [6.07, 6.45) is 1.70. The second-order valence-corrected chi connectivity index (χ2v) is 5.87. The van der Waals surface area contributed by atoms with Crippen molar-refractivity contribution in [1.82, 2.24) is 24.9 Å². The highest BCUT2D eigenvalue weighted by Gasteiger charge is 2.16. The van der Waals surface area contributed by atoms with Crippen LogP contribution in [0.3, 0.4) is 0 Å². The summed E-state index contributed by atoms with van der Waals surface area (Å²) in [6, 6.07) is 5.64. The summed E-state index contributed by atoms with van der Waals surface area (Å²) >= 11 is 0. The minimum Gasteiger partial charge on any atom is -0.454 e. The molecule has 1 aliphatic heterocycles. The van der Waals surface area contributed by atoms with Gasteiger partial charge < -0.3 is 14.8 Å². The van der Waals surface area contributed by atoms with E-state index in [-0.39, 0.29) is 19.1 Å². The molecule has 1 amide bonds. The lowest BCUT2D eigenvalue weighted by molar-refractivity contribution is -0.120. The van der Waals surface area contributed by atoms with E-state index < -0.39 is 0 Å². The summed E-state index contributed by atoms with van der Waals surface area (Å²) in [4.78, 5) is 20.8. The molecular weight excluding hydrogens is 322 g/mol. The Morgan fingerprint density at radius 3 is 3.00 bits per heavy atom. The molecule has 2 aromatic heterocycles. The maximum Gasteiger partial charge on any atom is 0.252 e. The van der Waals surface area contributed by atoms with Crippen LogP contribution in [0.4, 0.5) is 0 Å². The molecule has 0 spiro atoms. The number of hydrogen-bond acceptors (Lipinski definition) is 6. The summed E-state index contributed by atoms with van der Waals surface area (Å²) in [5.74, 6) is 1.90. The van der Waals surface area contributed by atoms with Gasteiger partial charge in [0.1, 0.15) is 6.33 Å². The van der Waals surface area contributed by atoms with Gasteiger partial charge in [-0.1, -0.05) is 6.07 Å². The molecular formula is C17H17N5O3. The third-order valence-corrected chi connectivity index (χ3v) is 4.25. The van der Waals surface area contributed by atoms with Gasteiger partial charge in [-0.3, -0.25) is 4.79 Å². The lowest BCUT2D eigenvalue weighted by Gasteiger charge is -2.11. The van der Waals surface area contributed by atoms with Gasteiger partial charge in [0.15, 0.2) is 11.5 Å². The fraction of sp³-hybridized carbons (Fsp3) is 0.294. The van der Waals surface area contributed by atoms with Crippen LogP contribution >= 0.6 is 0 Å². The Bertz CT molecular complexity index is 966. The molecule has 1 aromatic carbocycles. The van der Waals surface area contributed by atoms with Gasteiger partial charge in [0.2, 0.25) is 12.7 Å². The highest BCUT2D eigenvalue weighted by atomic mass is 16.7. The molecule has 0 bridgehead atoms. The number of rotatable bonds is 4. The van der Waals surface area contributed by atoms with E-state index in [0.29, 0.717) is 18.1 Å². The first-order valence-corrected chi connectivity index (χ1v) is 7.93. The number of nitrogens with one attached hydrogen (secondary N) is 1. The standard InChI is InChI=1S/C17H17N5O3/c1-10-13(11(2)22-17(21-10)19-8-20-22)6-16(23)18-7-12-3-4-14-15(5-12)25-9-24-14/h3-5,8H,6-7,9H2,1-2H3,(H,18,23). The number of carbonyl (C=O) groups is 1. The molecule has 8 nitrogen and oxygen atoms in total. The molecule has 3 heterocycles. The maximum absolute atomic E-state index is 12.4. The first-order chi connectivity index (χ1) is 12.1. The van der Waals surface area contributed by atoms with Crippen LogP contribution in [0.2, 0.25) is 0 Å². The number of aromatic nitrogens is 4. The third-order valence-electron chi connectivity index (χ3n) is 4.25. The summed E-state index contributed by atoms with van der Waals surface area (Å²) < 4.78 is 12.3. The lowest BCUT2D eigenvalue weighted by Crippen LogP contribution is -2.25. The zero-order chi connectivity index (χ0) is 17.4. The molecule has 3 aromatic rings. The van der Waals surface area contributed by atoms with Gasteiger partial charge in [-0.05, 0) is 31.5 Å². The van der Waals surface area contributed by atoms with Crippen molar-refractivity contribution in [3.8, 4) is 11.5 Å². The van der Waals surface area contributed by atoms with Gasteiger partial charge in [0.25, 0.3) is 5.78 Å². The number of fused-ring (bicyclic) bond motifs is 2. The van der Waals surface area contributed by atoms with Gasteiger partial charge in [-0.2, -0.15) is 10.1 Å². The Hall–Kier alpha value is -3.16. The minimum atomic E-state index is -0.0786. The maximum atomic E-state index is 12.4. The van der Waals surface area contributed by atoms with E-state index in [9.17, 15) is 4.79 Å². The van der Waals surface area contributed by atoms with Gasteiger partial charge in [-0.25, -0.2) is 9.50 Å². The van der Waals surface area contributed by atoms with Gasteiger partial charge in [0.05, 0.1) is 6.42 Å². The highest BCUT2D eigenvalue weighted by Crippen LogP contribution is 2.32. The van der Waals surface area contributed by atoms with Crippen LogP contribution in [0.5, 0.6) is 11.5 Å². The molecule has 0 fully saturated rings. The number of nitrogens with zero attached hydrogens (tertiary/aromatic N) is 4. The van der Waals surface area contributed by atoms with Crippen LogP contribution in [-0.4, -0.2) is 32.3 Å². The van der Waals surface area contributed by atoms with Gasteiger partial charge >= 0.3 is 0 Å². The van der Waals surface area contributed by atoms with Crippen LogP contribution in [-0.2, 0) is 17.8 Å². The predicted molar refractivity (Wildman–Crippen MR) is 88.4 cm³/mol. The number of aryl methyl sites for hydroxylation is 2. The fourth-order valence-corrected chi connectivity index (χ4v) is 2.89. The molecule has 0 saturated carbocycles. The Balaban J connectivity index is 1.46. The van der Waals surface area contributed by atoms with E-state index in [0.717, 1.165) is 28.3 Å². The topological polar surface area (TPSA) is 90.6 Å². The Labute approximate surface area is 143 Å². The lowest BCUT2D eigenvalue weighted by atomic mass is 10.1. The Morgan fingerprint density at radius 2 is 2.12 bits per heavy atom. The van der Waals surface area contributed by atoms with E-state index in [1.54, 1.807) is 4.52 Å². The smallest absolute Gasteiger partial charge is 0.252 e. The predicted octanol–water partition coefficient (Wildman–Crippen LogP) is 1.33. The van der Waals surface area contributed by atoms with Crippen molar-refractivity contribution < 1.29 is 14.3 Å². The Morgan fingerprint density at radius 1 is 1.28 bits per heavy atom. The molecule has 4 rings (SSSR count). The van der Waals surface area contributed by atoms with Crippen LogP contribution in [0.15, 0.2) is 24.5 Å². The molecule has 1 N–H and O–H groups in total. The molecule has 128 valence electrons. The molecule has 0 saturated heterocycles. The van der Waals surface area contributed by atoms with Crippen molar-refractivity contribution >= 4 is 11.7 Å². The summed E-state index contributed by atoms with van der Waals surface area (Å²) in [7, 11) is 0. The first-order valence-electron chi connectivity index (χ1n) is 7.93. The van der Waals surface area contributed by atoms with Crippen molar-refractivity contribution in [3.63, 3.8) is 0 Å². The van der Waals surface area contributed by atoms with Crippen molar-refractivity contribution in [1.29, 1.82) is 0 Å². The molecule has 0 atom stereocenters. The Kier molecular flexibility index (Phi) is 3.72. The van der Waals surface area contributed by atoms with Crippen molar-refractivity contribution in [2.75, 3.05) is 6.79 Å². The zero-order valence-corrected chi connectivity index (χ0v) is 13.9. The molecule has 1 aliphatic rings. The van der Waals surface area contributed by atoms with E-state index in [1.165, 1.54) is 6.33 Å². The van der Waals surface area contributed by atoms with Crippen LogP contribution < -0.4 is 14.8 Å². The van der Waals surface area contributed by atoms with E-state index in [1.807, 2.05) is 32.0 Å². The number of ether oxygens (including phenoxy) is 2. The second kappa shape index (κ2) is 6.04. The number of benzene rings is 1. The third kappa shape index (κ3) is 2.86. The van der Waals surface area contributed by atoms with Crippen molar-refractivity contribution in [3.05, 3.63) is 47.0 Å². The van der Waals surface area contributed by atoms with Crippen LogP contribution in [0, 0.1) is 13.8 Å². The molecule has 0 aliphatic carbocycles. The second-order valence-electron chi connectivity index (χ2n) is 5.87. The number of amides is 1. The monoisotopic (exact) mass is 339 g/mol. The minimum absolute atomic E-state index is 0.0786. The largest absolute Gasteiger partial charge is 0.454 e. The molecule has 25 heavy (non-hydrogen) atoms. The quantitative estimate of drug-likeness (QED) is 0.771. The van der Waals surface area contributed by atoms with Crippen LogP contribution in [0.25, 0.3) is 5.78 Å². The normalized spacial score (nSPS) is 12.6. The summed E-state index contributed by atoms with van der Waals surface area (Å²) in [6.45, 7) is 4.45. The number of hydrogen-bond donors (Lipinski definition) is 1. The average molecular weight is 339 g/mol. The van der Waals surface area contributed by atoms with E-state index in [4.69, 9.17) is 9.47 Å². The van der Waals surface area contributed by atoms with E-state index in [2.05, 4.69) is 20.4 Å². The zero-order valence-electron chi connectivity index (χ0n) is 13.9. The van der Waals surface area contributed by atoms with Crippen molar-refractivity contribution in [2.45, 2.75) is 26.8 Å². The first kappa shape index (κ1) is 15.4. The molecule has 8 heteroatoms. The van der Waals surface area contributed by atoms with Gasteiger partial charge in [-0.15, -0.1) is 0 Å². The number of carbonyl (C=O) groups excluding carboxylic acids is 1. The SMILES string of the molecule is Cc1nc2ncnn2c(C)c1CC(=O)NCc1ccc2c(c1)OCO2. The van der Waals surface area contributed by atoms with Crippen LogP contribution in [0.1, 0.15) is 22.5 Å². The highest BCUT2D eigenvalue weighted by molar-refractivity contribution is 5.79. The summed E-state index contributed by atoms with van der Waals surface area (Å²) in [5, 5.41) is 7.07. The van der Waals surface area contributed by atoms with Crippen molar-refractivity contribution in [2.24, 2.45) is 0 Å². The average Bonchev–Trinajstić information content (AvgIpc) is 3.25. The molecule has 0 unspecified atom stereocenters. The molecule has 0 radical (unpaired) electrons. The van der Waals surface area contributed by atoms with E-state index >= 15 is 0 Å².